The van der Waals surface area contributed by atoms with Gasteiger partial charge in [0.05, 0.1) is 54.5 Å². The highest BCUT2D eigenvalue weighted by Gasteiger charge is 2.71. The van der Waals surface area contributed by atoms with Crippen LogP contribution in [0.25, 0.3) is 0 Å². The van der Waals surface area contributed by atoms with Crippen molar-refractivity contribution in [3.05, 3.63) is 35.1 Å². The molecule has 4 fully saturated rings. The van der Waals surface area contributed by atoms with Gasteiger partial charge in [0, 0.05) is 29.5 Å². The Kier molecular flexibility index (Phi) is 12.4. The van der Waals surface area contributed by atoms with Gasteiger partial charge >= 0.3 is 0 Å². The first kappa shape index (κ1) is 41.9. The topological polar surface area (TPSA) is 206 Å². The first-order chi connectivity index (χ1) is 25.4. The minimum atomic E-state index is -1.63. The summed E-state index contributed by atoms with van der Waals surface area (Å²) in [5.74, 6) is -1.47. The van der Waals surface area contributed by atoms with Crippen LogP contribution in [0, 0.1) is 40.4 Å². The van der Waals surface area contributed by atoms with E-state index in [1.807, 2.05) is 25.3 Å². The average molecular weight is 759 g/mol. The lowest BCUT2D eigenvalue weighted by Gasteiger charge is -2.63. The summed E-state index contributed by atoms with van der Waals surface area (Å²) in [4.78, 5) is 15.0. The molecule has 0 aromatic rings. The third-order valence-electron chi connectivity index (χ3n) is 15.7. The maximum absolute atomic E-state index is 15.0. The zero-order valence-corrected chi connectivity index (χ0v) is 33.3. The summed E-state index contributed by atoms with van der Waals surface area (Å²) in [5.41, 5.74) is 2.91. The number of hydrogen-bond acceptors (Lipinski definition) is 11. The Morgan fingerprint density at radius 3 is 2.50 bits per heavy atom. The van der Waals surface area contributed by atoms with Gasteiger partial charge in [0.25, 0.3) is 0 Å². The van der Waals surface area contributed by atoms with E-state index in [4.69, 9.17) is 10.5 Å². The highest BCUT2D eigenvalue weighted by atomic mass is 16.5. The molecule has 0 radical (unpaired) electrons. The lowest BCUT2D eigenvalue weighted by Crippen LogP contribution is -2.65. The summed E-state index contributed by atoms with van der Waals surface area (Å²) in [7, 11) is 0. The van der Waals surface area contributed by atoms with E-state index in [1.54, 1.807) is 6.92 Å². The molecular formula is C43H70N2O9. The number of carbonyl (C=O) groups is 1. The van der Waals surface area contributed by atoms with E-state index in [9.17, 15) is 40.5 Å². The molecule has 11 heteroatoms. The number of allylic oxidation sites excluding steroid dienone is 2. The van der Waals surface area contributed by atoms with Crippen molar-refractivity contribution in [1.29, 1.82) is 0 Å². The summed E-state index contributed by atoms with van der Waals surface area (Å²) in [6.07, 6.45) is 7.67. The van der Waals surface area contributed by atoms with E-state index in [0.717, 1.165) is 24.8 Å². The fourth-order valence-electron chi connectivity index (χ4n) is 12.3. The predicted octanol–water partition coefficient (Wildman–Crippen LogP) is 3.51. The molecule has 16 unspecified atom stereocenters. The largest absolute Gasteiger partial charge is 0.391 e. The molecule has 0 aromatic heterocycles. The average Bonchev–Trinajstić information content (AvgIpc) is 3.64. The Bertz CT molecular complexity index is 1460. The molecule has 0 spiro atoms. The summed E-state index contributed by atoms with van der Waals surface area (Å²) in [5, 5.41) is 84.9. The molecule has 2 aliphatic heterocycles. The van der Waals surface area contributed by atoms with Crippen LogP contribution in [0.5, 0.6) is 0 Å². The zero-order valence-electron chi connectivity index (χ0n) is 33.3. The van der Waals surface area contributed by atoms with Gasteiger partial charge in [0.2, 0.25) is 0 Å². The van der Waals surface area contributed by atoms with Crippen LogP contribution in [0.1, 0.15) is 125 Å². The number of aliphatic hydroxyl groups is 7. The number of unbranched alkanes of at least 4 members (excludes halogenated alkanes) is 3. The van der Waals surface area contributed by atoms with Crippen molar-refractivity contribution < 1.29 is 45.3 Å². The van der Waals surface area contributed by atoms with Crippen molar-refractivity contribution in [1.82, 2.24) is 5.32 Å². The summed E-state index contributed by atoms with van der Waals surface area (Å²) in [6.45, 7) is 9.97. The van der Waals surface area contributed by atoms with E-state index in [1.165, 1.54) is 19.8 Å². The van der Waals surface area contributed by atoms with Crippen LogP contribution in [0.2, 0.25) is 0 Å². The number of nitrogens with two attached hydrogens (primary N) is 1. The Balaban J connectivity index is 1.37. The first-order valence-corrected chi connectivity index (χ1v) is 21.1. The minimum absolute atomic E-state index is 0.0501. The number of ketones is 1. The molecule has 1 saturated heterocycles. The molecule has 11 nitrogen and oxygen atoms in total. The minimum Gasteiger partial charge on any atom is -0.391 e. The van der Waals surface area contributed by atoms with Crippen LogP contribution in [0.3, 0.4) is 0 Å². The standard InChI is InChI=1S/C43H70N2O9/c1-6-7-8-9-10-27-23-54-38(24(27)2)39(51)41(5,52)34-15-18-43(53)36-28(19-31(47)25(3)46)37(50)30-20-32(48)33(49)21-42(30,29(36)14-16-40(34,43)4)17-13-26-11-12-35(44)45-22-26/h11-12,22,24-25,27,29-35,38-39,45-49,51-53H,6-10,13-21,23,44H2,1-5H3. The van der Waals surface area contributed by atoms with Crippen molar-refractivity contribution in [3.8, 4) is 0 Å². The van der Waals surface area contributed by atoms with E-state index in [-0.39, 0.29) is 49.5 Å². The van der Waals surface area contributed by atoms with Crippen molar-refractivity contribution in [2.75, 3.05) is 6.61 Å². The Hall–Kier alpha value is -1.67. The van der Waals surface area contributed by atoms with Crippen molar-refractivity contribution >= 4 is 5.78 Å². The first-order valence-electron chi connectivity index (χ1n) is 21.1. The summed E-state index contributed by atoms with van der Waals surface area (Å²) < 4.78 is 6.25. The van der Waals surface area contributed by atoms with E-state index >= 15 is 0 Å². The van der Waals surface area contributed by atoms with Gasteiger partial charge in [-0.3, -0.25) is 4.79 Å². The number of aliphatic hydroxyl groups excluding tert-OH is 5. The van der Waals surface area contributed by atoms with Crippen LogP contribution < -0.4 is 11.1 Å². The smallest absolute Gasteiger partial charge is 0.162 e. The van der Waals surface area contributed by atoms with Crippen molar-refractivity contribution in [2.24, 2.45) is 46.2 Å². The molecule has 4 aliphatic carbocycles. The highest BCUT2D eigenvalue weighted by molar-refractivity contribution is 6.00. The third-order valence-corrected chi connectivity index (χ3v) is 15.7. The fraction of sp³-hybridized carbons (Fsp3) is 0.837. The molecule has 54 heavy (non-hydrogen) atoms. The third kappa shape index (κ3) is 7.10. The second kappa shape index (κ2) is 15.9. The normalized spacial score (nSPS) is 43.4. The number of hydrogen-bond donors (Lipinski definition) is 9. The van der Waals surface area contributed by atoms with Gasteiger partial charge in [-0.2, -0.15) is 0 Å². The maximum atomic E-state index is 15.0. The Morgan fingerprint density at radius 1 is 1.09 bits per heavy atom. The Morgan fingerprint density at radius 2 is 1.83 bits per heavy atom. The van der Waals surface area contributed by atoms with Crippen molar-refractivity contribution in [2.45, 2.75) is 179 Å². The van der Waals surface area contributed by atoms with Crippen LogP contribution in [0.15, 0.2) is 35.1 Å². The summed E-state index contributed by atoms with van der Waals surface area (Å²) in [6, 6.07) is 0. The lowest BCUT2D eigenvalue weighted by atomic mass is 9.42. The predicted molar refractivity (Wildman–Crippen MR) is 205 cm³/mol. The number of fused-ring (bicyclic) bond motifs is 5. The number of Topliss-reactive ketones (excluding diaryl/α,β-unsaturated/α-hetero) is 1. The molecule has 10 N–H and O–H groups in total. The molecule has 2 heterocycles. The van der Waals surface area contributed by atoms with Gasteiger partial charge < -0.3 is 51.5 Å². The zero-order chi connectivity index (χ0) is 39.4. The number of carbonyl (C=O) groups excluding carboxylic acids is 1. The molecule has 0 aromatic carbocycles. The van der Waals surface area contributed by atoms with E-state index in [2.05, 4.69) is 19.2 Å². The number of dihydropyridines is 1. The molecular weight excluding hydrogens is 688 g/mol. The van der Waals surface area contributed by atoms with Crippen LogP contribution in [0.4, 0.5) is 0 Å². The van der Waals surface area contributed by atoms with Crippen LogP contribution in [-0.2, 0) is 9.53 Å². The fourth-order valence-corrected chi connectivity index (χ4v) is 12.3. The van der Waals surface area contributed by atoms with Crippen LogP contribution in [-0.4, -0.2) is 102 Å². The van der Waals surface area contributed by atoms with Crippen LogP contribution >= 0.6 is 0 Å². The highest BCUT2D eigenvalue weighted by Crippen LogP contribution is 2.71. The van der Waals surface area contributed by atoms with Gasteiger partial charge in [-0.25, -0.2) is 0 Å². The summed E-state index contributed by atoms with van der Waals surface area (Å²) >= 11 is 0. The molecule has 306 valence electrons. The molecule has 3 saturated carbocycles. The second-order valence-electron chi connectivity index (χ2n) is 18.8. The second-order valence-corrected chi connectivity index (χ2v) is 18.8. The molecule has 6 aliphatic rings. The SMILES string of the molecule is CCCCCCC1COC(C(O)C(C)(O)C2CCC3(O)C4=C(CC(O)C(C)O)C(=O)C5CC(O)C(O)CC5(CCC5=CNC(N)C=C5)C4CCC23C)C1C. The number of rotatable bonds is 14. The van der Waals surface area contributed by atoms with Gasteiger partial charge in [0.15, 0.2) is 5.78 Å². The number of nitrogens with one attached hydrogen (secondary N) is 1. The van der Waals surface area contributed by atoms with Gasteiger partial charge in [-0.1, -0.05) is 52.5 Å². The van der Waals surface area contributed by atoms with E-state index in [0.29, 0.717) is 55.8 Å². The molecule has 16 atom stereocenters. The monoisotopic (exact) mass is 759 g/mol. The Labute approximate surface area is 322 Å². The van der Waals surface area contributed by atoms with Crippen molar-refractivity contribution in [3.63, 3.8) is 0 Å². The quantitative estimate of drug-likeness (QED) is 0.117. The van der Waals surface area contributed by atoms with Gasteiger partial charge in [0.1, 0.15) is 6.10 Å². The number of ether oxygens (including phenoxy) is 1. The molecule has 0 bridgehead atoms. The molecule has 6 rings (SSSR count). The maximum Gasteiger partial charge on any atom is 0.162 e. The van der Waals surface area contributed by atoms with E-state index < -0.39 is 70.5 Å². The lowest BCUT2D eigenvalue weighted by molar-refractivity contribution is -0.196. The molecule has 0 amide bonds. The van der Waals surface area contributed by atoms with Gasteiger partial charge in [-0.05, 0) is 118 Å². The van der Waals surface area contributed by atoms with Gasteiger partial charge in [-0.15, -0.1) is 0 Å².